The molecular formula is C20H20ClN5O. The second-order valence-electron chi connectivity index (χ2n) is 6.61. The first-order valence-corrected chi connectivity index (χ1v) is 9.43. The van der Waals surface area contributed by atoms with Gasteiger partial charge in [0.2, 0.25) is 5.95 Å². The van der Waals surface area contributed by atoms with Crippen molar-refractivity contribution in [2.45, 2.75) is 19.3 Å². The molecule has 3 aromatic rings. The lowest BCUT2D eigenvalue weighted by molar-refractivity contribution is 0.0726. The number of piperidine rings is 1. The first kappa shape index (κ1) is 17.7. The summed E-state index contributed by atoms with van der Waals surface area (Å²) in [4.78, 5) is 28.4. The van der Waals surface area contributed by atoms with E-state index in [4.69, 9.17) is 16.6 Å². The highest BCUT2D eigenvalue weighted by Crippen LogP contribution is 2.28. The Morgan fingerprint density at radius 1 is 1.11 bits per heavy atom. The third-order valence-corrected chi connectivity index (χ3v) is 5.05. The van der Waals surface area contributed by atoms with Crippen LogP contribution in [-0.2, 0) is 0 Å². The number of nitrogens with zero attached hydrogens (tertiary/aromatic N) is 4. The van der Waals surface area contributed by atoms with Crippen molar-refractivity contribution in [2.24, 2.45) is 0 Å². The van der Waals surface area contributed by atoms with Crippen molar-refractivity contribution >= 4 is 34.4 Å². The number of hydrogen-bond donors (Lipinski definition) is 1. The third-order valence-electron chi connectivity index (χ3n) is 4.82. The fourth-order valence-corrected chi connectivity index (χ4v) is 3.55. The molecule has 0 radical (unpaired) electrons. The molecule has 0 atom stereocenters. The maximum atomic E-state index is 13.2. The average molecular weight is 382 g/mol. The number of nitrogens with one attached hydrogen (secondary N) is 1. The topological polar surface area (TPSA) is 71.0 Å². The Kier molecular flexibility index (Phi) is 4.90. The van der Waals surface area contributed by atoms with Crippen molar-refractivity contribution in [3.8, 4) is 11.3 Å². The third kappa shape index (κ3) is 3.57. The molecule has 2 aromatic heterocycles. The Bertz CT molecular complexity index is 984. The molecule has 138 valence electrons. The molecule has 7 heteroatoms. The molecule has 0 unspecified atom stereocenters. The highest BCUT2D eigenvalue weighted by atomic mass is 35.5. The van der Waals surface area contributed by atoms with Gasteiger partial charge in [-0.2, -0.15) is 0 Å². The van der Waals surface area contributed by atoms with Crippen molar-refractivity contribution in [3.63, 3.8) is 0 Å². The van der Waals surface area contributed by atoms with Crippen LogP contribution in [0.2, 0.25) is 5.02 Å². The molecule has 1 saturated heterocycles. The number of amides is 1. The normalized spacial score (nSPS) is 14.4. The van der Waals surface area contributed by atoms with Gasteiger partial charge in [-0.25, -0.2) is 15.0 Å². The molecule has 1 fully saturated rings. The summed E-state index contributed by atoms with van der Waals surface area (Å²) in [7, 11) is 1.77. The van der Waals surface area contributed by atoms with Gasteiger partial charge in [0.05, 0.1) is 16.8 Å². The number of anilines is 1. The largest absolute Gasteiger partial charge is 0.357 e. The van der Waals surface area contributed by atoms with Crippen LogP contribution in [0.5, 0.6) is 0 Å². The summed E-state index contributed by atoms with van der Waals surface area (Å²) in [5.41, 5.74) is 2.79. The number of halogens is 1. The lowest BCUT2D eigenvalue weighted by Crippen LogP contribution is -2.35. The molecule has 0 aliphatic carbocycles. The lowest BCUT2D eigenvalue weighted by Gasteiger charge is -2.27. The average Bonchev–Trinajstić information content (AvgIpc) is 2.73. The molecule has 0 saturated carbocycles. The highest BCUT2D eigenvalue weighted by Gasteiger charge is 2.22. The van der Waals surface area contributed by atoms with E-state index in [1.54, 1.807) is 25.5 Å². The van der Waals surface area contributed by atoms with E-state index >= 15 is 0 Å². The minimum absolute atomic E-state index is 0.0263. The van der Waals surface area contributed by atoms with E-state index < -0.39 is 0 Å². The van der Waals surface area contributed by atoms with Crippen LogP contribution >= 0.6 is 11.6 Å². The Labute approximate surface area is 162 Å². The number of carbonyl (C=O) groups excluding carboxylic acids is 1. The lowest BCUT2D eigenvalue weighted by atomic mass is 10.0. The summed E-state index contributed by atoms with van der Waals surface area (Å²) in [5.74, 6) is 0.564. The van der Waals surface area contributed by atoms with Crippen LogP contribution in [0.4, 0.5) is 5.95 Å². The number of benzene rings is 1. The Morgan fingerprint density at radius 2 is 1.85 bits per heavy atom. The summed E-state index contributed by atoms with van der Waals surface area (Å²) in [6, 6.07) is 7.27. The molecule has 0 bridgehead atoms. The van der Waals surface area contributed by atoms with Crippen molar-refractivity contribution in [3.05, 3.63) is 47.2 Å². The van der Waals surface area contributed by atoms with Crippen molar-refractivity contribution in [1.82, 2.24) is 19.9 Å². The summed E-state index contributed by atoms with van der Waals surface area (Å²) in [5, 5.41) is 4.26. The SMILES string of the molecule is CNc1ncc(-c2cc(C(=O)N3CCCCC3)c3cc(Cl)ccc3n2)cn1. The van der Waals surface area contributed by atoms with Crippen LogP contribution in [0.15, 0.2) is 36.7 Å². The zero-order valence-corrected chi connectivity index (χ0v) is 15.8. The van der Waals surface area contributed by atoms with Crippen LogP contribution in [0, 0.1) is 0 Å². The van der Waals surface area contributed by atoms with Gasteiger partial charge in [0.1, 0.15) is 0 Å². The van der Waals surface area contributed by atoms with Crippen molar-refractivity contribution < 1.29 is 4.79 Å². The van der Waals surface area contributed by atoms with Gasteiger partial charge in [0.25, 0.3) is 5.91 Å². The number of aromatic nitrogens is 3. The molecule has 3 heterocycles. The number of rotatable bonds is 3. The Balaban J connectivity index is 1.83. The van der Waals surface area contributed by atoms with Gasteiger partial charge < -0.3 is 10.2 Å². The van der Waals surface area contributed by atoms with Gasteiger partial charge in [0, 0.05) is 48.5 Å². The second-order valence-corrected chi connectivity index (χ2v) is 7.05. The van der Waals surface area contributed by atoms with Gasteiger partial charge in [0.15, 0.2) is 0 Å². The summed E-state index contributed by atoms with van der Waals surface area (Å²) in [6.07, 6.45) is 6.67. The first-order valence-electron chi connectivity index (χ1n) is 9.05. The van der Waals surface area contributed by atoms with E-state index in [1.807, 2.05) is 23.1 Å². The number of likely N-dealkylation sites (tertiary alicyclic amines) is 1. The maximum Gasteiger partial charge on any atom is 0.254 e. The van der Waals surface area contributed by atoms with Crippen LogP contribution in [0.25, 0.3) is 22.2 Å². The number of fused-ring (bicyclic) bond motifs is 1. The number of carbonyl (C=O) groups is 1. The fraction of sp³-hybridized carbons (Fsp3) is 0.300. The molecule has 0 spiro atoms. The summed E-state index contributed by atoms with van der Waals surface area (Å²) in [6.45, 7) is 1.58. The summed E-state index contributed by atoms with van der Waals surface area (Å²) < 4.78 is 0. The highest BCUT2D eigenvalue weighted by molar-refractivity contribution is 6.31. The second kappa shape index (κ2) is 7.48. The predicted molar refractivity (Wildman–Crippen MR) is 107 cm³/mol. The van der Waals surface area contributed by atoms with Gasteiger partial charge in [-0.1, -0.05) is 11.6 Å². The smallest absolute Gasteiger partial charge is 0.254 e. The molecule has 6 nitrogen and oxygen atoms in total. The fourth-order valence-electron chi connectivity index (χ4n) is 3.38. The van der Waals surface area contributed by atoms with E-state index in [-0.39, 0.29) is 5.91 Å². The zero-order valence-electron chi connectivity index (χ0n) is 15.1. The Morgan fingerprint density at radius 3 is 2.56 bits per heavy atom. The maximum absolute atomic E-state index is 13.2. The minimum Gasteiger partial charge on any atom is -0.357 e. The zero-order chi connectivity index (χ0) is 18.8. The monoisotopic (exact) mass is 381 g/mol. The van der Waals surface area contributed by atoms with Crippen molar-refractivity contribution in [2.75, 3.05) is 25.5 Å². The Hall–Kier alpha value is -2.73. The molecule has 1 N–H and O–H groups in total. The molecule has 1 amide bonds. The molecule has 1 aliphatic rings. The van der Waals surface area contributed by atoms with Crippen molar-refractivity contribution in [1.29, 1.82) is 0 Å². The summed E-state index contributed by atoms with van der Waals surface area (Å²) >= 11 is 6.19. The molecular weight excluding hydrogens is 362 g/mol. The quantitative estimate of drug-likeness (QED) is 0.742. The number of pyridine rings is 1. The predicted octanol–water partition coefficient (Wildman–Crippen LogP) is 4.01. The van der Waals surface area contributed by atoms with Gasteiger partial charge in [-0.05, 0) is 43.5 Å². The standard InChI is InChI=1S/C20H20ClN5O/c1-22-20-23-11-13(12-24-20)18-10-16(19(27)26-7-3-2-4-8-26)15-9-14(21)5-6-17(15)25-18/h5-6,9-12H,2-4,7-8H2,1H3,(H,22,23,24). The molecule has 1 aromatic carbocycles. The van der Waals surface area contributed by atoms with E-state index in [1.165, 1.54) is 6.42 Å². The van der Waals surface area contributed by atoms with E-state index in [0.29, 0.717) is 22.2 Å². The van der Waals surface area contributed by atoms with Crippen LogP contribution in [-0.4, -0.2) is 45.9 Å². The van der Waals surface area contributed by atoms with Crippen LogP contribution < -0.4 is 5.32 Å². The molecule has 1 aliphatic heterocycles. The van der Waals surface area contributed by atoms with Crippen LogP contribution in [0.3, 0.4) is 0 Å². The van der Waals surface area contributed by atoms with E-state index in [2.05, 4.69) is 15.3 Å². The molecule has 4 rings (SSSR count). The van der Waals surface area contributed by atoms with Crippen LogP contribution in [0.1, 0.15) is 29.6 Å². The van der Waals surface area contributed by atoms with Gasteiger partial charge >= 0.3 is 0 Å². The number of hydrogen-bond acceptors (Lipinski definition) is 5. The van der Waals surface area contributed by atoms with E-state index in [0.717, 1.165) is 42.4 Å². The first-order chi connectivity index (χ1) is 13.2. The van der Waals surface area contributed by atoms with E-state index in [9.17, 15) is 4.79 Å². The van der Waals surface area contributed by atoms with Gasteiger partial charge in [-0.3, -0.25) is 4.79 Å². The minimum atomic E-state index is 0.0263. The molecule has 27 heavy (non-hydrogen) atoms. The van der Waals surface area contributed by atoms with Gasteiger partial charge in [-0.15, -0.1) is 0 Å².